The van der Waals surface area contributed by atoms with E-state index in [2.05, 4.69) is 4.99 Å². The number of carbonyl (C=O) groups is 1. The molecule has 9 nitrogen and oxygen atoms in total. The molecular formula is C24H21N3O6S. The average Bonchev–Trinajstić information content (AvgIpc) is 3.13. The largest absolute Gasteiger partial charge is 0.497 e. The number of hydrogen-bond acceptors (Lipinski definition) is 8. The van der Waals surface area contributed by atoms with Crippen molar-refractivity contribution in [3.8, 4) is 5.75 Å². The number of ether oxygens (including phenoxy) is 2. The zero-order valence-corrected chi connectivity index (χ0v) is 19.5. The van der Waals surface area contributed by atoms with Gasteiger partial charge in [0.2, 0.25) is 0 Å². The Morgan fingerprint density at radius 3 is 2.47 bits per heavy atom. The van der Waals surface area contributed by atoms with Gasteiger partial charge in [-0.25, -0.2) is 9.79 Å². The van der Waals surface area contributed by atoms with Crippen LogP contribution in [0.15, 0.2) is 69.6 Å². The highest BCUT2D eigenvalue weighted by molar-refractivity contribution is 7.07. The number of fused-ring (bicyclic) bond motifs is 1. The molecule has 0 radical (unpaired) electrons. The summed E-state index contributed by atoms with van der Waals surface area (Å²) >= 11 is 1.19. The number of non-ortho nitro benzene ring substituents is 1. The van der Waals surface area contributed by atoms with Gasteiger partial charge in [0.15, 0.2) is 4.80 Å². The predicted octanol–water partition coefficient (Wildman–Crippen LogP) is 2.72. The number of thiazole rings is 1. The van der Waals surface area contributed by atoms with Gasteiger partial charge in [-0.05, 0) is 55.3 Å². The summed E-state index contributed by atoms with van der Waals surface area (Å²) in [6.45, 7) is 3.63. The van der Waals surface area contributed by atoms with Gasteiger partial charge < -0.3 is 9.47 Å². The van der Waals surface area contributed by atoms with E-state index in [1.165, 1.54) is 28.0 Å². The van der Waals surface area contributed by atoms with Crippen molar-refractivity contribution in [2.45, 2.75) is 19.9 Å². The Balaban J connectivity index is 1.90. The highest BCUT2D eigenvalue weighted by atomic mass is 32.1. The minimum absolute atomic E-state index is 0.0344. The van der Waals surface area contributed by atoms with Gasteiger partial charge in [0.1, 0.15) is 5.75 Å². The SMILES string of the molecule is CCOC(=O)C1=C(C)N=c2sc(=Cc3ccc([N+](=O)[O-])cc3)c(=O)n2[C@@H]1c1ccc(OC)cc1. The van der Waals surface area contributed by atoms with E-state index >= 15 is 0 Å². The van der Waals surface area contributed by atoms with E-state index in [1.807, 2.05) is 0 Å². The molecule has 0 fully saturated rings. The second-order valence-electron chi connectivity index (χ2n) is 7.42. The van der Waals surface area contributed by atoms with Crippen LogP contribution in [-0.2, 0) is 9.53 Å². The van der Waals surface area contributed by atoms with Gasteiger partial charge >= 0.3 is 5.97 Å². The molecular weight excluding hydrogens is 458 g/mol. The van der Waals surface area contributed by atoms with Crippen molar-refractivity contribution < 1.29 is 19.2 Å². The Morgan fingerprint density at radius 1 is 1.21 bits per heavy atom. The van der Waals surface area contributed by atoms with Crippen LogP contribution >= 0.6 is 11.3 Å². The third-order valence-electron chi connectivity index (χ3n) is 5.35. The van der Waals surface area contributed by atoms with E-state index in [1.54, 1.807) is 63.4 Å². The van der Waals surface area contributed by atoms with Crippen LogP contribution in [0.4, 0.5) is 5.69 Å². The first-order chi connectivity index (χ1) is 16.3. The summed E-state index contributed by atoms with van der Waals surface area (Å²) in [6, 6.07) is 12.3. The summed E-state index contributed by atoms with van der Waals surface area (Å²) in [4.78, 5) is 41.8. The molecule has 1 atom stereocenters. The van der Waals surface area contributed by atoms with Crippen LogP contribution in [0.1, 0.15) is 31.0 Å². The van der Waals surface area contributed by atoms with Crippen LogP contribution < -0.4 is 19.6 Å². The van der Waals surface area contributed by atoms with Crippen molar-refractivity contribution in [2.75, 3.05) is 13.7 Å². The fourth-order valence-corrected chi connectivity index (χ4v) is 4.78. The topological polar surface area (TPSA) is 113 Å². The summed E-state index contributed by atoms with van der Waals surface area (Å²) in [5, 5.41) is 10.9. The minimum atomic E-state index is -0.722. The third-order valence-corrected chi connectivity index (χ3v) is 6.33. The lowest BCUT2D eigenvalue weighted by atomic mass is 9.96. The van der Waals surface area contributed by atoms with Gasteiger partial charge in [-0.15, -0.1) is 0 Å². The highest BCUT2D eigenvalue weighted by Gasteiger charge is 2.33. The molecule has 0 saturated heterocycles. The Hall–Kier alpha value is -4.05. The number of rotatable bonds is 6. The van der Waals surface area contributed by atoms with Crippen molar-refractivity contribution in [3.05, 3.63) is 101 Å². The number of hydrogen-bond donors (Lipinski definition) is 0. The number of aromatic nitrogens is 1. The monoisotopic (exact) mass is 479 g/mol. The number of nitro benzene ring substituents is 1. The molecule has 3 aromatic rings. The van der Waals surface area contributed by atoms with E-state index in [-0.39, 0.29) is 17.9 Å². The molecule has 1 aromatic heterocycles. The van der Waals surface area contributed by atoms with Crippen LogP contribution in [0.5, 0.6) is 5.75 Å². The number of methoxy groups -OCH3 is 1. The predicted molar refractivity (Wildman–Crippen MR) is 126 cm³/mol. The van der Waals surface area contributed by atoms with Crippen LogP contribution in [0.3, 0.4) is 0 Å². The zero-order chi connectivity index (χ0) is 24.4. The van der Waals surface area contributed by atoms with Gasteiger partial charge in [-0.3, -0.25) is 19.5 Å². The summed E-state index contributed by atoms with van der Waals surface area (Å²) < 4.78 is 12.4. The molecule has 4 rings (SSSR count). The van der Waals surface area contributed by atoms with Gasteiger partial charge in [0.05, 0.1) is 40.5 Å². The maximum Gasteiger partial charge on any atom is 0.338 e. The van der Waals surface area contributed by atoms with E-state index in [4.69, 9.17) is 9.47 Å². The Morgan fingerprint density at radius 2 is 1.88 bits per heavy atom. The summed E-state index contributed by atoms with van der Waals surface area (Å²) in [6.07, 6.45) is 1.65. The first-order valence-corrected chi connectivity index (χ1v) is 11.2. The Bertz CT molecular complexity index is 1470. The molecule has 1 aliphatic rings. The highest BCUT2D eigenvalue weighted by Crippen LogP contribution is 2.31. The van der Waals surface area contributed by atoms with Gasteiger partial charge in [-0.1, -0.05) is 23.5 Å². The lowest BCUT2D eigenvalue weighted by Crippen LogP contribution is -2.39. The first-order valence-electron chi connectivity index (χ1n) is 10.4. The average molecular weight is 480 g/mol. The minimum Gasteiger partial charge on any atom is -0.497 e. The third kappa shape index (κ3) is 4.27. The van der Waals surface area contributed by atoms with Crippen LogP contribution in [0, 0.1) is 10.1 Å². The smallest absolute Gasteiger partial charge is 0.338 e. The van der Waals surface area contributed by atoms with E-state index in [0.29, 0.717) is 37.5 Å². The quantitative estimate of drug-likeness (QED) is 0.305. The van der Waals surface area contributed by atoms with Crippen molar-refractivity contribution in [1.29, 1.82) is 0 Å². The van der Waals surface area contributed by atoms with Gasteiger partial charge in [0.25, 0.3) is 11.2 Å². The molecule has 34 heavy (non-hydrogen) atoms. The normalized spacial score (nSPS) is 15.5. The molecule has 2 heterocycles. The summed E-state index contributed by atoms with van der Waals surface area (Å²) in [7, 11) is 1.56. The lowest BCUT2D eigenvalue weighted by molar-refractivity contribution is -0.384. The number of benzene rings is 2. The number of nitrogens with zero attached hydrogens (tertiary/aromatic N) is 3. The van der Waals surface area contributed by atoms with Crippen LogP contribution in [-0.4, -0.2) is 29.2 Å². The Labute approximate surface area is 198 Å². The second-order valence-corrected chi connectivity index (χ2v) is 8.43. The maximum absolute atomic E-state index is 13.5. The van der Waals surface area contributed by atoms with E-state index < -0.39 is 16.9 Å². The summed E-state index contributed by atoms with van der Waals surface area (Å²) in [5.41, 5.74) is 1.76. The first kappa shape index (κ1) is 23.1. The molecule has 1 aliphatic heterocycles. The van der Waals surface area contributed by atoms with Gasteiger partial charge in [-0.2, -0.15) is 0 Å². The standard InChI is InChI=1S/C24H21N3O6S/c1-4-33-23(29)20-14(2)25-24-26(21(20)16-7-11-18(32-3)12-8-16)22(28)19(34-24)13-15-5-9-17(10-6-15)27(30)31/h5-13,21H,4H2,1-3H3/t21-/m1/s1. The van der Waals surface area contributed by atoms with Crippen molar-refractivity contribution in [3.63, 3.8) is 0 Å². The van der Waals surface area contributed by atoms with Crippen molar-refractivity contribution in [2.24, 2.45) is 4.99 Å². The molecule has 174 valence electrons. The number of allylic oxidation sites excluding steroid dienone is 1. The Kier molecular flexibility index (Phi) is 6.42. The molecule has 0 N–H and O–H groups in total. The van der Waals surface area contributed by atoms with Crippen LogP contribution in [0.25, 0.3) is 6.08 Å². The molecule has 0 spiro atoms. The second kappa shape index (κ2) is 9.44. The molecule has 0 aliphatic carbocycles. The number of nitro groups is 1. The van der Waals surface area contributed by atoms with E-state index in [9.17, 15) is 19.7 Å². The molecule has 0 unspecified atom stereocenters. The molecule has 2 aromatic carbocycles. The number of esters is 1. The molecule has 0 saturated carbocycles. The lowest BCUT2D eigenvalue weighted by Gasteiger charge is -2.24. The summed E-state index contributed by atoms with van der Waals surface area (Å²) in [5.74, 6) is 0.113. The van der Waals surface area contributed by atoms with Crippen molar-refractivity contribution >= 4 is 29.1 Å². The van der Waals surface area contributed by atoms with Gasteiger partial charge in [0, 0.05) is 12.1 Å². The molecule has 0 amide bonds. The fraction of sp³-hybridized carbons (Fsp3) is 0.208. The number of carbonyl (C=O) groups excluding carboxylic acids is 1. The molecule has 0 bridgehead atoms. The van der Waals surface area contributed by atoms with Crippen LogP contribution in [0.2, 0.25) is 0 Å². The van der Waals surface area contributed by atoms with Crippen molar-refractivity contribution in [1.82, 2.24) is 4.57 Å². The van der Waals surface area contributed by atoms with E-state index in [0.717, 1.165) is 0 Å². The maximum atomic E-state index is 13.5. The molecule has 10 heteroatoms. The zero-order valence-electron chi connectivity index (χ0n) is 18.7. The fourth-order valence-electron chi connectivity index (χ4n) is 3.74.